The second-order valence-electron chi connectivity index (χ2n) is 5.57. The molecule has 3 rings (SSSR count). The highest BCUT2D eigenvalue weighted by molar-refractivity contribution is 7.14. The summed E-state index contributed by atoms with van der Waals surface area (Å²) in [6.07, 6.45) is 1.95. The predicted octanol–water partition coefficient (Wildman–Crippen LogP) is 1.04. The lowest BCUT2D eigenvalue weighted by Crippen LogP contribution is -2.48. The minimum absolute atomic E-state index is 0.0539. The topological polar surface area (TPSA) is 87.7 Å². The normalized spacial score (nSPS) is 17.3. The Morgan fingerprint density at radius 2 is 2.13 bits per heavy atom. The molecule has 0 amide bonds. The largest absolute Gasteiger partial charge is 0.390 e. The summed E-state index contributed by atoms with van der Waals surface area (Å²) in [5.41, 5.74) is -0.0539. The Morgan fingerprint density at radius 1 is 1.35 bits per heavy atom. The molecular weight excluding hydrogens is 318 g/mol. The van der Waals surface area contributed by atoms with Gasteiger partial charge in [0.1, 0.15) is 12.4 Å². The highest BCUT2D eigenvalue weighted by atomic mass is 32.1. The Labute approximate surface area is 137 Å². The van der Waals surface area contributed by atoms with Crippen LogP contribution in [0.3, 0.4) is 0 Å². The number of aromatic nitrogens is 2. The van der Waals surface area contributed by atoms with Crippen LogP contribution in [0, 0.1) is 10.1 Å². The van der Waals surface area contributed by atoms with Crippen LogP contribution in [0.5, 0.6) is 0 Å². The Hall–Kier alpha value is -1.97. The van der Waals surface area contributed by atoms with E-state index in [0.717, 1.165) is 26.2 Å². The molecule has 0 aromatic carbocycles. The molecule has 1 saturated heterocycles. The molecule has 0 aliphatic carbocycles. The fourth-order valence-electron chi connectivity index (χ4n) is 2.72. The number of nitro groups is 1. The van der Waals surface area contributed by atoms with Crippen LogP contribution in [0.15, 0.2) is 29.9 Å². The minimum Gasteiger partial charge on any atom is -0.390 e. The molecule has 0 spiro atoms. The van der Waals surface area contributed by atoms with Gasteiger partial charge in [0.05, 0.1) is 22.6 Å². The Balaban J connectivity index is 1.45. The second kappa shape index (κ2) is 7.07. The van der Waals surface area contributed by atoms with Crippen molar-refractivity contribution in [3.8, 4) is 0 Å². The van der Waals surface area contributed by atoms with Crippen molar-refractivity contribution in [1.82, 2.24) is 14.7 Å². The summed E-state index contributed by atoms with van der Waals surface area (Å²) in [4.78, 5) is 14.7. The molecule has 1 atom stereocenters. The Bertz CT molecular complexity index is 637. The highest BCUT2D eigenvalue weighted by Gasteiger charge is 2.20. The monoisotopic (exact) mass is 337 g/mol. The summed E-state index contributed by atoms with van der Waals surface area (Å²) in [7, 11) is 0. The van der Waals surface area contributed by atoms with E-state index in [0.29, 0.717) is 6.54 Å². The standard InChI is InChI=1S/C14H19N5O3S/c20-13(11-18-9-12(8-15-18)19(21)22)10-16-3-5-17(6-4-16)14-2-1-7-23-14/h1-2,7-9,13,20H,3-6,10-11H2. The number of nitrogens with zero attached hydrogens (tertiary/aromatic N) is 5. The van der Waals surface area contributed by atoms with Crippen molar-refractivity contribution in [2.75, 3.05) is 37.6 Å². The minimum atomic E-state index is -0.595. The fourth-order valence-corrected chi connectivity index (χ4v) is 3.50. The van der Waals surface area contributed by atoms with Gasteiger partial charge in [0.25, 0.3) is 0 Å². The number of β-amino-alcohol motifs (C(OH)–C–C–N with tert-alkyl or cyclic N) is 1. The van der Waals surface area contributed by atoms with Crippen molar-refractivity contribution in [3.05, 3.63) is 40.0 Å². The van der Waals surface area contributed by atoms with Crippen molar-refractivity contribution in [1.29, 1.82) is 0 Å². The van der Waals surface area contributed by atoms with Crippen molar-refractivity contribution in [2.24, 2.45) is 0 Å². The lowest BCUT2D eigenvalue weighted by Gasteiger charge is -2.36. The highest BCUT2D eigenvalue weighted by Crippen LogP contribution is 2.22. The molecule has 0 bridgehead atoms. The van der Waals surface area contributed by atoms with Crippen molar-refractivity contribution in [3.63, 3.8) is 0 Å². The molecule has 1 unspecified atom stereocenters. The number of rotatable bonds is 6. The first-order valence-electron chi connectivity index (χ1n) is 7.47. The number of hydrogen-bond acceptors (Lipinski definition) is 7. The molecule has 3 heterocycles. The van der Waals surface area contributed by atoms with Gasteiger partial charge in [0, 0.05) is 32.7 Å². The van der Waals surface area contributed by atoms with E-state index in [-0.39, 0.29) is 12.2 Å². The average molecular weight is 337 g/mol. The van der Waals surface area contributed by atoms with Gasteiger partial charge in [-0.3, -0.25) is 19.7 Å². The van der Waals surface area contributed by atoms with E-state index < -0.39 is 11.0 Å². The molecule has 8 nitrogen and oxygen atoms in total. The van der Waals surface area contributed by atoms with Crippen LogP contribution in [-0.2, 0) is 6.54 Å². The van der Waals surface area contributed by atoms with E-state index in [2.05, 4.69) is 32.4 Å². The molecule has 23 heavy (non-hydrogen) atoms. The van der Waals surface area contributed by atoms with Crippen LogP contribution in [0.2, 0.25) is 0 Å². The van der Waals surface area contributed by atoms with Gasteiger partial charge in [-0.15, -0.1) is 11.3 Å². The number of anilines is 1. The van der Waals surface area contributed by atoms with Crippen LogP contribution in [0.4, 0.5) is 10.7 Å². The lowest BCUT2D eigenvalue weighted by atomic mass is 10.2. The van der Waals surface area contributed by atoms with E-state index in [4.69, 9.17) is 0 Å². The van der Waals surface area contributed by atoms with Crippen molar-refractivity contribution >= 4 is 22.0 Å². The SMILES string of the molecule is O=[N+]([O-])c1cnn(CC(O)CN2CCN(c3cccs3)CC2)c1. The first-order valence-corrected chi connectivity index (χ1v) is 8.35. The number of thiophene rings is 1. The molecule has 1 aliphatic heterocycles. The summed E-state index contributed by atoms with van der Waals surface area (Å²) in [5.74, 6) is 0. The maximum atomic E-state index is 10.6. The van der Waals surface area contributed by atoms with E-state index in [1.165, 1.54) is 22.1 Å². The van der Waals surface area contributed by atoms with Crippen LogP contribution < -0.4 is 4.90 Å². The Morgan fingerprint density at radius 3 is 2.74 bits per heavy atom. The molecule has 1 fully saturated rings. The summed E-state index contributed by atoms with van der Waals surface area (Å²) in [6.45, 7) is 4.49. The van der Waals surface area contributed by atoms with Crippen LogP contribution >= 0.6 is 11.3 Å². The lowest BCUT2D eigenvalue weighted by molar-refractivity contribution is -0.385. The van der Waals surface area contributed by atoms with Gasteiger partial charge in [0.2, 0.25) is 0 Å². The molecule has 0 radical (unpaired) electrons. The van der Waals surface area contributed by atoms with Gasteiger partial charge in [0.15, 0.2) is 0 Å². The van der Waals surface area contributed by atoms with Gasteiger partial charge in [-0.25, -0.2) is 0 Å². The van der Waals surface area contributed by atoms with Crippen LogP contribution in [0.1, 0.15) is 0 Å². The summed E-state index contributed by atoms with van der Waals surface area (Å²) in [5, 5.41) is 28.1. The molecule has 0 saturated carbocycles. The third kappa shape index (κ3) is 4.06. The van der Waals surface area contributed by atoms with Gasteiger partial charge in [-0.1, -0.05) is 0 Å². The molecular formula is C14H19N5O3S. The number of hydrogen-bond donors (Lipinski definition) is 1. The van der Waals surface area contributed by atoms with Crippen LogP contribution in [-0.4, -0.2) is 63.5 Å². The smallest absolute Gasteiger partial charge is 0.306 e. The van der Waals surface area contributed by atoms with Gasteiger partial charge in [-0.05, 0) is 17.5 Å². The van der Waals surface area contributed by atoms with Gasteiger partial charge >= 0.3 is 5.69 Å². The second-order valence-corrected chi connectivity index (χ2v) is 6.50. The third-order valence-electron chi connectivity index (χ3n) is 3.89. The van der Waals surface area contributed by atoms with Gasteiger partial charge < -0.3 is 10.0 Å². The average Bonchev–Trinajstić information content (AvgIpc) is 3.19. The zero-order chi connectivity index (χ0) is 16.2. The number of aliphatic hydroxyl groups excluding tert-OH is 1. The zero-order valence-electron chi connectivity index (χ0n) is 12.6. The predicted molar refractivity (Wildman–Crippen MR) is 87.9 cm³/mol. The molecule has 124 valence electrons. The Kier molecular flexibility index (Phi) is 4.89. The molecule has 1 aliphatic rings. The third-order valence-corrected chi connectivity index (χ3v) is 4.82. The van der Waals surface area contributed by atoms with E-state index in [1.54, 1.807) is 11.3 Å². The fraction of sp³-hybridized carbons (Fsp3) is 0.500. The first-order chi connectivity index (χ1) is 11.1. The first kappa shape index (κ1) is 15.9. The van der Waals surface area contributed by atoms with Gasteiger partial charge in [-0.2, -0.15) is 5.10 Å². The quantitative estimate of drug-likeness (QED) is 0.626. The van der Waals surface area contributed by atoms with Crippen molar-refractivity contribution in [2.45, 2.75) is 12.6 Å². The zero-order valence-corrected chi connectivity index (χ0v) is 13.4. The molecule has 1 N–H and O–H groups in total. The van der Waals surface area contributed by atoms with Crippen LogP contribution in [0.25, 0.3) is 0 Å². The van der Waals surface area contributed by atoms with E-state index >= 15 is 0 Å². The molecule has 9 heteroatoms. The maximum Gasteiger partial charge on any atom is 0.306 e. The summed E-state index contributed by atoms with van der Waals surface area (Å²) in [6, 6.07) is 4.18. The summed E-state index contributed by atoms with van der Waals surface area (Å²) >= 11 is 1.74. The summed E-state index contributed by atoms with van der Waals surface area (Å²) < 4.78 is 1.42. The molecule has 2 aromatic heterocycles. The molecule has 2 aromatic rings. The number of piperazine rings is 1. The maximum absolute atomic E-state index is 10.6. The number of aliphatic hydroxyl groups is 1. The van der Waals surface area contributed by atoms with E-state index in [9.17, 15) is 15.2 Å². The van der Waals surface area contributed by atoms with E-state index in [1.807, 2.05) is 0 Å². The van der Waals surface area contributed by atoms with Crippen molar-refractivity contribution < 1.29 is 10.0 Å².